The molecule has 1 rings (SSSR count). The van der Waals surface area contributed by atoms with Gasteiger partial charge in [0.1, 0.15) is 0 Å². The van der Waals surface area contributed by atoms with Crippen LogP contribution < -0.4 is 11.3 Å². The third kappa shape index (κ3) is 4.39. The van der Waals surface area contributed by atoms with Crippen LogP contribution in [0.15, 0.2) is 18.2 Å². The molecule has 0 heterocycles. The molecule has 0 aliphatic heterocycles. The number of hydrogen-bond acceptors (Lipinski definition) is 3. The van der Waals surface area contributed by atoms with E-state index in [1.165, 1.54) is 0 Å². The lowest BCUT2D eigenvalue weighted by Gasteiger charge is -2.27. The zero-order valence-electron chi connectivity index (χ0n) is 12.4. The van der Waals surface area contributed by atoms with Crippen LogP contribution in [0.3, 0.4) is 0 Å². The van der Waals surface area contributed by atoms with Gasteiger partial charge in [-0.2, -0.15) is 0 Å². The first-order valence-electron chi connectivity index (χ1n) is 7.08. The normalized spacial score (nSPS) is 10.7. The van der Waals surface area contributed by atoms with Crippen LogP contribution in [-0.2, 0) is 0 Å². The standard InChI is InChI=1S/C15H24ClN3O/c1-4-5-6-9-19(11(2)3)15(20)13-10-12(16)7-8-14(13)18-17/h7-8,10-11,18H,4-6,9,17H2,1-3H3. The van der Waals surface area contributed by atoms with E-state index in [4.69, 9.17) is 17.4 Å². The number of rotatable bonds is 7. The molecule has 3 N–H and O–H groups in total. The van der Waals surface area contributed by atoms with Crippen LogP contribution in [-0.4, -0.2) is 23.4 Å². The molecular weight excluding hydrogens is 274 g/mol. The number of nitrogens with one attached hydrogen (secondary N) is 1. The number of unbranched alkanes of at least 4 members (excludes halogenated alkanes) is 2. The van der Waals surface area contributed by atoms with Gasteiger partial charge in [-0.1, -0.05) is 31.4 Å². The fourth-order valence-electron chi connectivity index (χ4n) is 2.10. The van der Waals surface area contributed by atoms with Crippen molar-refractivity contribution in [3.05, 3.63) is 28.8 Å². The number of benzene rings is 1. The molecule has 1 aromatic rings. The Hall–Kier alpha value is -1.26. The number of carbonyl (C=O) groups is 1. The number of hydrazine groups is 1. The maximum Gasteiger partial charge on any atom is 0.256 e. The van der Waals surface area contributed by atoms with E-state index in [0.29, 0.717) is 16.3 Å². The highest BCUT2D eigenvalue weighted by Crippen LogP contribution is 2.22. The van der Waals surface area contributed by atoms with Crippen molar-refractivity contribution in [2.45, 2.75) is 46.1 Å². The Morgan fingerprint density at radius 2 is 2.10 bits per heavy atom. The van der Waals surface area contributed by atoms with E-state index in [9.17, 15) is 4.79 Å². The van der Waals surface area contributed by atoms with Crippen LogP contribution in [0.2, 0.25) is 5.02 Å². The topological polar surface area (TPSA) is 58.4 Å². The summed E-state index contributed by atoms with van der Waals surface area (Å²) < 4.78 is 0. The summed E-state index contributed by atoms with van der Waals surface area (Å²) in [6.45, 7) is 6.93. The van der Waals surface area contributed by atoms with Crippen molar-refractivity contribution in [2.24, 2.45) is 5.84 Å². The van der Waals surface area contributed by atoms with E-state index in [1.807, 2.05) is 18.7 Å². The van der Waals surface area contributed by atoms with Crippen LogP contribution in [0.5, 0.6) is 0 Å². The summed E-state index contributed by atoms with van der Waals surface area (Å²) in [5, 5.41) is 0.532. The summed E-state index contributed by atoms with van der Waals surface area (Å²) in [4.78, 5) is 14.5. The molecule has 0 fully saturated rings. The molecule has 0 bridgehead atoms. The predicted octanol–water partition coefficient (Wildman–Crippen LogP) is 3.67. The maximum absolute atomic E-state index is 12.7. The third-order valence-corrected chi connectivity index (χ3v) is 3.49. The SMILES string of the molecule is CCCCCN(C(=O)c1cc(Cl)ccc1NN)C(C)C. The minimum Gasteiger partial charge on any atom is -0.336 e. The molecule has 1 aromatic carbocycles. The van der Waals surface area contributed by atoms with Crippen molar-refractivity contribution in [2.75, 3.05) is 12.0 Å². The zero-order chi connectivity index (χ0) is 15.1. The molecule has 20 heavy (non-hydrogen) atoms. The largest absolute Gasteiger partial charge is 0.336 e. The van der Waals surface area contributed by atoms with Crippen molar-refractivity contribution in [3.8, 4) is 0 Å². The summed E-state index contributed by atoms with van der Waals surface area (Å²) in [7, 11) is 0. The van der Waals surface area contributed by atoms with Gasteiger partial charge < -0.3 is 10.3 Å². The van der Waals surface area contributed by atoms with Crippen LogP contribution in [0, 0.1) is 0 Å². The fraction of sp³-hybridized carbons (Fsp3) is 0.533. The van der Waals surface area contributed by atoms with Crippen molar-refractivity contribution < 1.29 is 4.79 Å². The van der Waals surface area contributed by atoms with Gasteiger partial charge in [-0.25, -0.2) is 0 Å². The number of nitrogens with two attached hydrogens (primary N) is 1. The van der Waals surface area contributed by atoms with Gasteiger partial charge in [-0.15, -0.1) is 0 Å². The molecule has 112 valence electrons. The Balaban J connectivity index is 2.96. The first kappa shape index (κ1) is 16.8. The quantitative estimate of drug-likeness (QED) is 0.459. The minimum absolute atomic E-state index is 0.0356. The smallest absolute Gasteiger partial charge is 0.256 e. The first-order valence-corrected chi connectivity index (χ1v) is 7.46. The summed E-state index contributed by atoms with van der Waals surface area (Å²) in [6, 6.07) is 5.24. The van der Waals surface area contributed by atoms with Crippen LogP contribution in [0.4, 0.5) is 5.69 Å². The Bertz CT molecular complexity index is 449. The highest BCUT2D eigenvalue weighted by Gasteiger charge is 2.21. The van der Waals surface area contributed by atoms with Crippen molar-refractivity contribution in [1.29, 1.82) is 0 Å². The number of amides is 1. The molecule has 0 atom stereocenters. The van der Waals surface area contributed by atoms with Gasteiger partial charge in [0.2, 0.25) is 0 Å². The number of carbonyl (C=O) groups excluding carboxylic acids is 1. The van der Waals surface area contributed by atoms with Gasteiger partial charge >= 0.3 is 0 Å². The maximum atomic E-state index is 12.7. The van der Waals surface area contributed by atoms with Gasteiger partial charge in [-0.3, -0.25) is 10.6 Å². The Kier molecular flexibility index (Phi) is 6.82. The second-order valence-corrected chi connectivity index (χ2v) is 5.57. The molecule has 0 aliphatic carbocycles. The number of nitrogens with zero attached hydrogens (tertiary/aromatic N) is 1. The molecule has 0 saturated heterocycles. The highest BCUT2D eigenvalue weighted by atomic mass is 35.5. The molecule has 0 aliphatic rings. The minimum atomic E-state index is -0.0356. The van der Waals surface area contributed by atoms with E-state index in [-0.39, 0.29) is 11.9 Å². The molecule has 0 aromatic heterocycles. The van der Waals surface area contributed by atoms with Gasteiger partial charge in [0.15, 0.2) is 0 Å². The number of nitrogen functional groups attached to an aromatic ring is 1. The molecule has 0 unspecified atom stereocenters. The lowest BCUT2D eigenvalue weighted by atomic mass is 10.1. The average molecular weight is 298 g/mol. The van der Waals surface area contributed by atoms with Crippen LogP contribution >= 0.6 is 11.6 Å². The van der Waals surface area contributed by atoms with E-state index in [1.54, 1.807) is 18.2 Å². The first-order chi connectivity index (χ1) is 9.51. The number of halogens is 1. The van der Waals surface area contributed by atoms with E-state index in [0.717, 1.165) is 25.8 Å². The van der Waals surface area contributed by atoms with Gasteiger partial charge in [0, 0.05) is 17.6 Å². The van der Waals surface area contributed by atoms with Gasteiger partial charge in [-0.05, 0) is 38.5 Å². The monoisotopic (exact) mass is 297 g/mol. The Labute approximate surface area is 126 Å². The molecule has 0 radical (unpaired) electrons. The van der Waals surface area contributed by atoms with Gasteiger partial charge in [0.05, 0.1) is 11.3 Å². The molecule has 0 saturated carbocycles. The molecular formula is C15H24ClN3O. The van der Waals surface area contributed by atoms with Crippen molar-refractivity contribution >= 4 is 23.2 Å². The molecule has 5 heteroatoms. The summed E-state index contributed by atoms with van der Waals surface area (Å²) in [5.41, 5.74) is 3.68. The number of anilines is 1. The van der Waals surface area contributed by atoms with Crippen molar-refractivity contribution in [1.82, 2.24) is 4.90 Å². The molecule has 1 amide bonds. The average Bonchev–Trinajstić information content (AvgIpc) is 2.42. The lowest BCUT2D eigenvalue weighted by Crippen LogP contribution is -2.38. The Morgan fingerprint density at radius 3 is 2.65 bits per heavy atom. The van der Waals surface area contributed by atoms with Crippen LogP contribution in [0.1, 0.15) is 50.4 Å². The zero-order valence-corrected chi connectivity index (χ0v) is 13.2. The van der Waals surface area contributed by atoms with E-state index >= 15 is 0 Å². The summed E-state index contributed by atoms with van der Waals surface area (Å²) >= 11 is 5.99. The van der Waals surface area contributed by atoms with Crippen molar-refractivity contribution in [3.63, 3.8) is 0 Å². The predicted molar refractivity (Wildman–Crippen MR) is 85.0 cm³/mol. The van der Waals surface area contributed by atoms with Gasteiger partial charge in [0.25, 0.3) is 5.91 Å². The molecule has 0 spiro atoms. The third-order valence-electron chi connectivity index (χ3n) is 3.25. The summed E-state index contributed by atoms with van der Waals surface area (Å²) in [6.07, 6.45) is 3.26. The fourth-order valence-corrected chi connectivity index (χ4v) is 2.27. The highest BCUT2D eigenvalue weighted by molar-refractivity contribution is 6.31. The molecule has 4 nitrogen and oxygen atoms in total. The van der Waals surface area contributed by atoms with E-state index < -0.39 is 0 Å². The lowest BCUT2D eigenvalue weighted by molar-refractivity contribution is 0.0703. The Morgan fingerprint density at radius 1 is 1.40 bits per heavy atom. The second kappa shape index (κ2) is 8.12. The second-order valence-electron chi connectivity index (χ2n) is 5.13. The van der Waals surface area contributed by atoms with Crippen LogP contribution in [0.25, 0.3) is 0 Å². The number of hydrogen-bond donors (Lipinski definition) is 2. The summed E-state index contributed by atoms with van der Waals surface area (Å²) in [5.74, 6) is 5.44. The van der Waals surface area contributed by atoms with E-state index in [2.05, 4.69) is 12.3 Å².